The first-order valence-corrected chi connectivity index (χ1v) is 5.80. The van der Waals surface area contributed by atoms with Crippen LogP contribution in [0.5, 0.6) is 0 Å². The van der Waals surface area contributed by atoms with Crippen LogP contribution in [0.1, 0.15) is 10.4 Å². The predicted octanol–water partition coefficient (Wildman–Crippen LogP) is 0.621. The van der Waals surface area contributed by atoms with Gasteiger partial charge in [-0.1, -0.05) is 0 Å². The average Bonchev–Trinajstić information content (AvgIpc) is 2.83. The number of anilines is 1. The van der Waals surface area contributed by atoms with Crippen molar-refractivity contribution >= 4 is 11.6 Å². The number of amides is 1. The van der Waals surface area contributed by atoms with Crippen LogP contribution in [-0.2, 0) is 7.05 Å². The van der Waals surface area contributed by atoms with Crippen LogP contribution < -0.4 is 5.32 Å². The molecule has 1 aromatic heterocycles. The number of nitrogens with one attached hydrogen (secondary N) is 1. The third-order valence-corrected chi connectivity index (χ3v) is 2.75. The molecule has 0 fully saturated rings. The Labute approximate surface area is 111 Å². The Morgan fingerprint density at radius 3 is 2.58 bits per heavy atom. The van der Waals surface area contributed by atoms with Crippen molar-refractivity contribution in [3.05, 3.63) is 23.8 Å². The van der Waals surface area contributed by atoms with Crippen LogP contribution in [0.25, 0.3) is 11.4 Å². The fourth-order valence-corrected chi connectivity index (χ4v) is 1.76. The van der Waals surface area contributed by atoms with Gasteiger partial charge in [-0.15, -0.1) is 5.10 Å². The molecule has 1 amide bonds. The van der Waals surface area contributed by atoms with Crippen molar-refractivity contribution in [3.63, 3.8) is 0 Å². The number of rotatable bonds is 3. The first-order chi connectivity index (χ1) is 9.02. The Hall–Kier alpha value is -2.44. The van der Waals surface area contributed by atoms with Crippen LogP contribution in [-0.4, -0.2) is 52.2 Å². The molecule has 2 rings (SSSR count). The minimum atomic E-state index is -0.0616. The van der Waals surface area contributed by atoms with E-state index in [-0.39, 0.29) is 5.91 Å². The van der Waals surface area contributed by atoms with E-state index in [1.807, 2.05) is 6.07 Å². The number of nitrogens with zero attached hydrogens (tertiary/aromatic N) is 5. The van der Waals surface area contributed by atoms with Gasteiger partial charge in [0.1, 0.15) is 0 Å². The number of tetrazole rings is 1. The molecule has 2 aromatic rings. The van der Waals surface area contributed by atoms with Gasteiger partial charge in [0.15, 0.2) is 5.82 Å². The second kappa shape index (κ2) is 5.05. The molecule has 1 heterocycles. The molecule has 19 heavy (non-hydrogen) atoms. The molecule has 0 aliphatic rings. The van der Waals surface area contributed by atoms with Crippen LogP contribution in [0.15, 0.2) is 18.2 Å². The third kappa shape index (κ3) is 2.54. The number of benzene rings is 1. The summed E-state index contributed by atoms with van der Waals surface area (Å²) in [6.45, 7) is 0. The summed E-state index contributed by atoms with van der Waals surface area (Å²) in [4.78, 5) is 13.6. The predicted molar refractivity (Wildman–Crippen MR) is 71.8 cm³/mol. The quantitative estimate of drug-likeness (QED) is 0.875. The lowest BCUT2D eigenvalue weighted by Gasteiger charge is -2.13. The molecule has 100 valence electrons. The summed E-state index contributed by atoms with van der Waals surface area (Å²) in [6.07, 6.45) is 0. The van der Waals surface area contributed by atoms with Gasteiger partial charge >= 0.3 is 0 Å². The van der Waals surface area contributed by atoms with Crippen LogP contribution in [0.4, 0.5) is 5.69 Å². The minimum absolute atomic E-state index is 0.0616. The highest BCUT2D eigenvalue weighted by Gasteiger charge is 2.13. The summed E-state index contributed by atoms with van der Waals surface area (Å²) in [5.41, 5.74) is 2.23. The van der Waals surface area contributed by atoms with Gasteiger partial charge in [0.25, 0.3) is 5.91 Å². The van der Waals surface area contributed by atoms with Crippen LogP contribution in [0.3, 0.4) is 0 Å². The van der Waals surface area contributed by atoms with E-state index in [1.54, 1.807) is 45.0 Å². The first kappa shape index (κ1) is 13.0. The molecule has 0 bridgehead atoms. The van der Waals surface area contributed by atoms with Gasteiger partial charge in [0.05, 0.1) is 0 Å². The maximum absolute atomic E-state index is 12.1. The second-order valence-electron chi connectivity index (χ2n) is 4.37. The SMILES string of the molecule is CNc1cc(C(=O)N(C)C)cc(-c2nnnn2C)c1. The molecule has 0 aliphatic carbocycles. The molecule has 0 saturated carbocycles. The zero-order chi connectivity index (χ0) is 14.0. The summed E-state index contributed by atoms with van der Waals surface area (Å²) < 4.78 is 1.57. The molecule has 1 aromatic carbocycles. The molecule has 7 nitrogen and oxygen atoms in total. The Bertz CT molecular complexity index is 604. The van der Waals surface area contributed by atoms with E-state index in [4.69, 9.17) is 0 Å². The fraction of sp³-hybridized carbons (Fsp3) is 0.333. The summed E-state index contributed by atoms with van der Waals surface area (Å²) >= 11 is 0. The summed E-state index contributed by atoms with van der Waals surface area (Å²) in [7, 11) is 7.00. The zero-order valence-corrected chi connectivity index (χ0v) is 11.4. The lowest BCUT2D eigenvalue weighted by atomic mass is 10.1. The van der Waals surface area contributed by atoms with Crippen molar-refractivity contribution in [1.29, 1.82) is 0 Å². The van der Waals surface area contributed by atoms with Gasteiger partial charge in [0, 0.05) is 45.0 Å². The van der Waals surface area contributed by atoms with Crippen molar-refractivity contribution in [2.24, 2.45) is 7.05 Å². The normalized spacial score (nSPS) is 10.3. The monoisotopic (exact) mass is 260 g/mol. The molecule has 0 radical (unpaired) electrons. The Kier molecular flexibility index (Phi) is 3.46. The smallest absolute Gasteiger partial charge is 0.253 e. The average molecular weight is 260 g/mol. The molecule has 0 aliphatic heterocycles. The standard InChI is InChI=1S/C12H16N6O/c1-13-10-6-8(11-14-15-16-18(11)4)5-9(7-10)12(19)17(2)3/h5-7,13H,1-4H3. The van der Waals surface area contributed by atoms with Crippen molar-refractivity contribution in [2.75, 3.05) is 26.5 Å². The maximum atomic E-state index is 12.1. The number of aromatic nitrogens is 4. The lowest BCUT2D eigenvalue weighted by molar-refractivity contribution is 0.0827. The molecular weight excluding hydrogens is 244 g/mol. The van der Waals surface area contributed by atoms with Gasteiger partial charge < -0.3 is 10.2 Å². The van der Waals surface area contributed by atoms with Gasteiger partial charge in [0.2, 0.25) is 0 Å². The zero-order valence-electron chi connectivity index (χ0n) is 11.4. The topological polar surface area (TPSA) is 75.9 Å². The van der Waals surface area contributed by atoms with Crippen LogP contribution in [0, 0.1) is 0 Å². The van der Waals surface area contributed by atoms with Gasteiger partial charge in [-0.3, -0.25) is 4.79 Å². The Morgan fingerprint density at radius 1 is 1.32 bits per heavy atom. The molecule has 0 unspecified atom stereocenters. The van der Waals surface area contributed by atoms with Gasteiger partial charge in [-0.05, 0) is 28.6 Å². The van der Waals surface area contributed by atoms with Crippen molar-refractivity contribution in [1.82, 2.24) is 25.1 Å². The van der Waals surface area contributed by atoms with Crippen molar-refractivity contribution in [3.8, 4) is 11.4 Å². The van der Waals surface area contributed by atoms with Crippen molar-refractivity contribution in [2.45, 2.75) is 0 Å². The largest absolute Gasteiger partial charge is 0.388 e. The molecular formula is C12H16N6O. The lowest BCUT2D eigenvalue weighted by Crippen LogP contribution is -2.21. The number of carbonyl (C=O) groups excluding carboxylic acids is 1. The molecule has 0 atom stereocenters. The Balaban J connectivity index is 2.54. The van der Waals surface area contributed by atoms with E-state index in [0.717, 1.165) is 11.3 Å². The number of hydrogen-bond donors (Lipinski definition) is 1. The van der Waals surface area contributed by atoms with Crippen molar-refractivity contribution < 1.29 is 4.79 Å². The summed E-state index contributed by atoms with van der Waals surface area (Å²) in [5, 5.41) is 14.4. The molecule has 7 heteroatoms. The fourth-order valence-electron chi connectivity index (χ4n) is 1.76. The minimum Gasteiger partial charge on any atom is -0.388 e. The van der Waals surface area contributed by atoms with E-state index in [1.165, 1.54) is 4.90 Å². The van der Waals surface area contributed by atoms with E-state index in [2.05, 4.69) is 20.8 Å². The van der Waals surface area contributed by atoms with Crippen LogP contribution >= 0.6 is 0 Å². The van der Waals surface area contributed by atoms with E-state index in [9.17, 15) is 4.79 Å². The summed E-state index contributed by atoms with van der Waals surface area (Å²) in [5.74, 6) is 0.554. The molecule has 1 N–H and O–H groups in total. The molecule has 0 spiro atoms. The molecule has 0 saturated heterocycles. The first-order valence-electron chi connectivity index (χ1n) is 5.80. The van der Waals surface area contributed by atoms with Gasteiger partial charge in [-0.2, -0.15) is 0 Å². The maximum Gasteiger partial charge on any atom is 0.253 e. The third-order valence-electron chi connectivity index (χ3n) is 2.75. The van der Waals surface area contributed by atoms with E-state index in [0.29, 0.717) is 11.4 Å². The highest BCUT2D eigenvalue weighted by Crippen LogP contribution is 2.23. The van der Waals surface area contributed by atoms with E-state index >= 15 is 0 Å². The second-order valence-corrected chi connectivity index (χ2v) is 4.37. The van der Waals surface area contributed by atoms with Crippen LogP contribution in [0.2, 0.25) is 0 Å². The number of carbonyl (C=O) groups is 1. The highest BCUT2D eigenvalue weighted by molar-refractivity contribution is 5.96. The number of aryl methyl sites for hydroxylation is 1. The van der Waals surface area contributed by atoms with E-state index < -0.39 is 0 Å². The van der Waals surface area contributed by atoms with Gasteiger partial charge in [-0.25, -0.2) is 4.68 Å². The Morgan fingerprint density at radius 2 is 2.05 bits per heavy atom. The highest BCUT2D eigenvalue weighted by atomic mass is 16.2. The summed E-state index contributed by atoms with van der Waals surface area (Å²) in [6, 6.07) is 5.49. The number of hydrogen-bond acceptors (Lipinski definition) is 5.